The van der Waals surface area contributed by atoms with Gasteiger partial charge in [-0.05, 0) is 56.2 Å². The van der Waals surface area contributed by atoms with Gasteiger partial charge in [-0.2, -0.15) is 0 Å². The van der Waals surface area contributed by atoms with Crippen LogP contribution in [0.15, 0.2) is 48.5 Å². The van der Waals surface area contributed by atoms with Crippen molar-refractivity contribution >= 4 is 34.8 Å². The summed E-state index contributed by atoms with van der Waals surface area (Å²) in [7, 11) is 0. The van der Waals surface area contributed by atoms with Gasteiger partial charge < -0.3 is 10.2 Å². The Labute approximate surface area is 171 Å². The first-order valence-corrected chi connectivity index (χ1v) is 10.0. The summed E-state index contributed by atoms with van der Waals surface area (Å²) in [5, 5.41) is 5.87. The number of anilines is 1. The van der Waals surface area contributed by atoms with E-state index in [1.54, 1.807) is 24.3 Å². The number of carbonyl (C=O) groups excluding carboxylic acids is 2. The molecule has 3 rings (SSSR count). The van der Waals surface area contributed by atoms with E-state index < -0.39 is 0 Å². The van der Waals surface area contributed by atoms with Gasteiger partial charge in [-0.3, -0.25) is 14.9 Å². The van der Waals surface area contributed by atoms with Crippen LogP contribution in [0.25, 0.3) is 0 Å². The maximum absolute atomic E-state index is 13.0. The molecule has 0 bridgehead atoms. The standard InChI is InChI=1S/C22H25N3O2S/c1-16-9-8-10-17(15-16)20(26)24-22(28)23-19-12-5-4-11-18(19)21(27)25-13-6-2-3-7-14-25/h4-5,8-12,15H,2-3,6-7,13-14H2,1H3,(H2,23,24,26,28). The third kappa shape index (κ3) is 5.16. The molecule has 0 saturated carbocycles. The van der Waals surface area contributed by atoms with Gasteiger partial charge in [-0.15, -0.1) is 0 Å². The summed E-state index contributed by atoms with van der Waals surface area (Å²) in [6, 6.07) is 14.6. The third-order valence-corrected chi connectivity index (χ3v) is 5.01. The molecule has 2 aromatic carbocycles. The Bertz CT molecular complexity index is 874. The highest BCUT2D eigenvalue weighted by Gasteiger charge is 2.20. The topological polar surface area (TPSA) is 61.4 Å². The molecule has 6 heteroatoms. The van der Waals surface area contributed by atoms with Crippen molar-refractivity contribution < 1.29 is 9.59 Å². The van der Waals surface area contributed by atoms with Gasteiger partial charge in [0.1, 0.15) is 0 Å². The summed E-state index contributed by atoms with van der Waals surface area (Å²) in [6.45, 7) is 3.49. The van der Waals surface area contributed by atoms with E-state index in [0.29, 0.717) is 16.8 Å². The zero-order chi connectivity index (χ0) is 19.9. The Kier molecular flexibility index (Phi) is 6.76. The van der Waals surface area contributed by atoms with Crippen LogP contribution in [0.2, 0.25) is 0 Å². The molecule has 2 amide bonds. The fraction of sp³-hybridized carbons (Fsp3) is 0.318. The molecule has 1 aliphatic heterocycles. The molecule has 2 N–H and O–H groups in total. The van der Waals surface area contributed by atoms with E-state index in [-0.39, 0.29) is 16.9 Å². The molecule has 28 heavy (non-hydrogen) atoms. The normalized spacial score (nSPS) is 14.1. The second-order valence-corrected chi connectivity index (χ2v) is 7.44. The molecule has 1 fully saturated rings. The molecule has 146 valence electrons. The van der Waals surface area contributed by atoms with E-state index in [1.165, 1.54) is 12.8 Å². The number of hydrogen-bond donors (Lipinski definition) is 2. The average Bonchev–Trinajstić information content (AvgIpc) is 2.97. The predicted molar refractivity (Wildman–Crippen MR) is 116 cm³/mol. The van der Waals surface area contributed by atoms with Gasteiger partial charge in [0, 0.05) is 18.7 Å². The summed E-state index contributed by atoms with van der Waals surface area (Å²) in [6.07, 6.45) is 4.40. The number of thiocarbonyl (C=S) groups is 1. The van der Waals surface area contributed by atoms with Gasteiger partial charge in [0.25, 0.3) is 11.8 Å². The van der Waals surface area contributed by atoms with Crippen LogP contribution < -0.4 is 10.6 Å². The maximum Gasteiger partial charge on any atom is 0.257 e. The van der Waals surface area contributed by atoms with Gasteiger partial charge in [-0.25, -0.2) is 0 Å². The fourth-order valence-electron chi connectivity index (χ4n) is 3.34. The molecule has 0 spiro atoms. The minimum absolute atomic E-state index is 0.00203. The predicted octanol–water partition coefficient (Wildman–Crippen LogP) is 4.14. The van der Waals surface area contributed by atoms with Crippen LogP contribution in [0.4, 0.5) is 5.69 Å². The molecule has 0 radical (unpaired) electrons. The number of likely N-dealkylation sites (tertiary alicyclic amines) is 1. The van der Waals surface area contributed by atoms with Crippen molar-refractivity contribution in [3.05, 3.63) is 65.2 Å². The van der Waals surface area contributed by atoms with Gasteiger partial charge >= 0.3 is 0 Å². The first-order chi connectivity index (χ1) is 13.5. The number of carbonyl (C=O) groups is 2. The highest BCUT2D eigenvalue weighted by Crippen LogP contribution is 2.20. The lowest BCUT2D eigenvalue weighted by molar-refractivity contribution is 0.0762. The highest BCUT2D eigenvalue weighted by atomic mass is 32.1. The largest absolute Gasteiger partial charge is 0.339 e. The number of nitrogens with one attached hydrogen (secondary N) is 2. The lowest BCUT2D eigenvalue weighted by Crippen LogP contribution is -2.36. The van der Waals surface area contributed by atoms with Gasteiger partial charge in [-0.1, -0.05) is 42.7 Å². The lowest BCUT2D eigenvalue weighted by atomic mass is 10.1. The van der Waals surface area contributed by atoms with Crippen LogP contribution in [0, 0.1) is 6.92 Å². The van der Waals surface area contributed by atoms with Crippen molar-refractivity contribution in [2.75, 3.05) is 18.4 Å². The molecule has 0 aliphatic carbocycles. The fourth-order valence-corrected chi connectivity index (χ4v) is 3.54. The number of hydrogen-bond acceptors (Lipinski definition) is 3. The first kappa shape index (κ1) is 20.0. The van der Waals surface area contributed by atoms with Crippen LogP contribution in [-0.2, 0) is 0 Å². The van der Waals surface area contributed by atoms with Crippen LogP contribution >= 0.6 is 12.2 Å². The Balaban J connectivity index is 1.69. The van der Waals surface area contributed by atoms with E-state index >= 15 is 0 Å². The number of rotatable bonds is 3. The number of nitrogens with zero attached hydrogens (tertiary/aromatic N) is 1. The van der Waals surface area contributed by atoms with Crippen LogP contribution in [-0.4, -0.2) is 34.9 Å². The second kappa shape index (κ2) is 9.46. The number of para-hydroxylation sites is 1. The van der Waals surface area contributed by atoms with Crippen molar-refractivity contribution in [1.82, 2.24) is 10.2 Å². The van der Waals surface area contributed by atoms with Gasteiger partial charge in [0.2, 0.25) is 0 Å². The molecule has 0 unspecified atom stereocenters. The van der Waals surface area contributed by atoms with Crippen molar-refractivity contribution in [2.45, 2.75) is 32.6 Å². The van der Waals surface area contributed by atoms with Crippen molar-refractivity contribution in [1.29, 1.82) is 0 Å². The van der Waals surface area contributed by atoms with Crippen LogP contribution in [0.1, 0.15) is 52.0 Å². The Hall–Kier alpha value is -2.73. The summed E-state index contributed by atoms with van der Waals surface area (Å²) in [5.41, 5.74) is 2.71. The van der Waals surface area contributed by atoms with Crippen molar-refractivity contribution in [3.63, 3.8) is 0 Å². The number of benzene rings is 2. The van der Waals surface area contributed by atoms with E-state index in [1.807, 2.05) is 36.1 Å². The SMILES string of the molecule is Cc1cccc(C(=O)NC(=S)Nc2ccccc2C(=O)N2CCCCCC2)c1. The lowest BCUT2D eigenvalue weighted by Gasteiger charge is -2.22. The van der Waals surface area contributed by atoms with E-state index in [0.717, 1.165) is 31.5 Å². The average molecular weight is 396 g/mol. The molecule has 5 nitrogen and oxygen atoms in total. The van der Waals surface area contributed by atoms with E-state index in [2.05, 4.69) is 10.6 Å². The molecule has 0 aromatic heterocycles. The Morgan fingerprint density at radius 1 is 0.964 bits per heavy atom. The van der Waals surface area contributed by atoms with Gasteiger partial charge in [0.05, 0.1) is 11.3 Å². The molecular formula is C22H25N3O2S. The number of aryl methyl sites for hydroxylation is 1. The summed E-state index contributed by atoms with van der Waals surface area (Å²) >= 11 is 5.30. The molecule has 1 aliphatic rings. The summed E-state index contributed by atoms with van der Waals surface area (Å²) < 4.78 is 0. The Morgan fingerprint density at radius 2 is 1.68 bits per heavy atom. The molecule has 1 saturated heterocycles. The quantitative estimate of drug-likeness (QED) is 0.767. The zero-order valence-electron chi connectivity index (χ0n) is 16.0. The van der Waals surface area contributed by atoms with Crippen molar-refractivity contribution in [2.24, 2.45) is 0 Å². The van der Waals surface area contributed by atoms with Crippen LogP contribution in [0.5, 0.6) is 0 Å². The minimum atomic E-state index is -0.280. The minimum Gasteiger partial charge on any atom is -0.339 e. The van der Waals surface area contributed by atoms with E-state index in [4.69, 9.17) is 12.2 Å². The summed E-state index contributed by atoms with van der Waals surface area (Å²) in [5.74, 6) is -0.282. The highest BCUT2D eigenvalue weighted by molar-refractivity contribution is 7.80. The molecule has 0 atom stereocenters. The van der Waals surface area contributed by atoms with Crippen LogP contribution in [0.3, 0.4) is 0 Å². The third-order valence-electron chi connectivity index (χ3n) is 4.81. The smallest absolute Gasteiger partial charge is 0.257 e. The first-order valence-electron chi connectivity index (χ1n) is 9.62. The molecule has 1 heterocycles. The molecule has 2 aromatic rings. The summed E-state index contributed by atoms with van der Waals surface area (Å²) in [4.78, 5) is 27.3. The maximum atomic E-state index is 13.0. The second-order valence-electron chi connectivity index (χ2n) is 7.03. The van der Waals surface area contributed by atoms with Gasteiger partial charge in [0.15, 0.2) is 5.11 Å². The monoisotopic (exact) mass is 395 g/mol. The molecular weight excluding hydrogens is 370 g/mol. The Morgan fingerprint density at radius 3 is 2.39 bits per heavy atom. The zero-order valence-corrected chi connectivity index (χ0v) is 16.8. The number of amides is 2. The van der Waals surface area contributed by atoms with Crippen molar-refractivity contribution in [3.8, 4) is 0 Å². The van der Waals surface area contributed by atoms with E-state index in [9.17, 15) is 9.59 Å².